The predicted octanol–water partition coefficient (Wildman–Crippen LogP) is 3.35. The van der Waals surface area contributed by atoms with Crippen molar-refractivity contribution in [1.82, 2.24) is 5.32 Å². The smallest absolute Gasteiger partial charge is 0.343 e. The maximum absolute atomic E-state index is 12.1. The number of amides is 1. The molecule has 0 unspecified atom stereocenters. The fourth-order valence-electron chi connectivity index (χ4n) is 2.08. The van der Waals surface area contributed by atoms with E-state index in [0.717, 1.165) is 22.9 Å². The van der Waals surface area contributed by atoms with Crippen molar-refractivity contribution in [2.24, 2.45) is 0 Å². The Bertz CT molecular complexity index is 840. The molecular weight excluding hydrogens is 324 g/mol. The van der Waals surface area contributed by atoms with E-state index in [1.54, 1.807) is 42.5 Å². The zero-order valence-electron chi connectivity index (χ0n) is 12.8. The van der Waals surface area contributed by atoms with Gasteiger partial charge < -0.3 is 10.1 Å². The Hall–Kier alpha value is -2.86. The monoisotopic (exact) mass is 338 g/mol. The van der Waals surface area contributed by atoms with E-state index in [0.29, 0.717) is 16.2 Å². The zero-order chi connectivity index (χ0) is 17.1. The first-order chi connectivity index (χ1) is 11.5. The molecule has 1 amide bonds. The van der Waals surface area contributed by atoms with Crippen molar-refractivity contribution < 1.29 is 14.3 Å². The summed E-state index contributed by atoms with van der Waals surface area (Å²) >= 11 is 1.08. The first-order valence-electron chi connectivity index (χ1n) is 7.19. The van der Waals surface area contributed by atoms with Crippen molar-refractivity contribution in [1.29, 1.82) is 5.41 Å². The molecule has 3 rings (SSSR count). The maximum atomic E-state index is 12.1. The third-order valence-corrected chi connectivity index (χ3v) is 4.17. The summed E-state index contributed by atoms with van der Waals surface area (Å²) < 4.78 is 5.33. The largest absolute Gasteiger partial charge is 0.423 e. The molecule has 0 aromatic heterocycles. The summed E-state index contributed by atoms with van der Waals surface area (Å²) in [6, 6.07) is 14.0. The SMILES string of the molecule is Cc1ccc(C(=O)Oc2ccc(C=C3SC(=N)NC3=O)cc2)cc1. The second kappa shape index (κ2) is 6.72. The van der Waals surface area contributed by atoms with Gasteiger partial charge in [-0.3, -0.25) is 10.2 Å². The van der Waals surface area contributed by atoms with Crippen LogP contribution >= 0.6 is 11.8 Å². The van der Waals surface area contributed by atoms with Gasteiger partial charge in [-0.1, -0.05) is 29.8 Å². The van der Waals surface area contributed by atoms with E-state index in [1.165, 1.54) is 0 Å². The van der Waals surface area contributed by atoms with Gasteiger partial charge in [-0.25, -0.2) is 4.79 Å². The predicted molar refractivity (Wildman–Crippen MR) is 94.0 cm³/mol. The molecule has 2 aromatic rings. The highest BCUT2D eigenvalue weighted by molar-refractivity contribution is 8.18. The van der Waals surface area contributed by atoms with Gasteiger partial charge in [-0.15, -0.1) is 0 Å². The molecule has 0 atom stereocenters. The number of hydrogen-bond acceptors (Lipinski definition) is 5. The van der Waals surface area contributed by atoms with Gasteiger partial charge in [0.15, 0.2) is 5.17 Å². The number of amidine groups is 1. The molecule has 1 aliphatic heterocycles. The second-order valence-electron chi connectivity index (χ2n) is 5.22. The lowest BCUT2D eigenvalue weighted by Crippen LogP contribution is -2.18. The van der Waals surface area contributed by atoms with Crippen molar-refractivity contribution in [2.45, 2.75) is 6.92 Å². The Morgan fingerprint density at radius 1 is 1.12 bits per heavy atom. The Morgan fingerprint density at radius 2 is 1.79 bits per heavy atom. The normalized spacial score (nSPS) is 15.5. The Kier molecular flexibility index (Phi) is 4.48. The summed E-state index contributed by atoms with van der Waals surface area (Å²) in [7, 11) is 0. The minimum atomic E-state index is -0.416. The first kappa shape index (κ1) is 16.0. The molecule has 6 heteroatoms. The first-order valence-corrected chi connectivity index (χ1v) is 8.01. The third-order valence-electron chi connectivity index (χ3n) is 3.34. The Morgan fingerprint density at radius 3 is 2.38 bits per heavy atom. The highest BCUT2D eigenvalue weighted by atomic mass is 32.2. The van der Waals surface area contributed by atoms with Crippen LogP contribution in [0.3, 0.4) is 0 Å². The van der Waals surface area contributed by atoms with Crippen molar-refractivity contribution in [3.05, 3.63) is 70.1 Å². The molecule has 5 nitrogen and oxygen atoms in total. The van der Waals surface area contributed by atoms with E-state index in [4.69, 9.17) is 10.1 Å². The van der Waals surface area contributed by atoms with E-state index in [9.17, 15) is 9.59 Å². The van der Waals surface area contributed by atoms with Crippen LogP contribution in [-0.4, -0.2) is 17.0 Å². The molecule has 0 spiro atoms. The minimum absolute atomic E-state index is 0.120. The Balaban J connectivity index is 1.69. The quantitative estimate of drug-likeness (QED) is 0.511. The summed E-state index contributed by atoms with van der Waals surface area (Å²) in [5.41, 5.74) is 2.35. The van der Waals surface area contributed by atoms with Crippen molar-refractivity contribution in [3.63, 3.8) is 0 Å². The van der Waals surface area contributed by atoms with E-state index in [1.807, 2.05) is 19.1 Å². The lowest BCUT2D eigenvalue weighted by atomic mass is 10.1. The Labute approximate surface area is 143 Å². The molecule has 1 saturated heterocycles. The lowest BCUT2D eigenvalue weighted by molar-refractivity contribution is -0.115. The molecule has 1 fully saturated rings. The molecule has 2 aromatic carbocycles. The summed E-state index contributed by atoms with van der Waals surface area (Å²) in [4.78, 5) is 24.1. The highest BCUT2D eigenvalue weighted by Crippen LogP contribution is 2.25. The van der Waals surface area contributed by atoms with Crippen molar-refractivity contribution in [2.75, 3.05) is 0 Å². The number of benzene rings is 2. The van der Waals surface area contributed by atoms with Crippen LogP contribution in [0.15, 0.2) is 53.4 Å². The van der Waals surface area contributed by atoms with E-state index in [2.05, 4.69) is 5.32 Å². The average Bonchev–Trinajstić information content (AvgIpc) is 2.87. The number of ether oxygens (including phenoxy) is 1. The second-order valence-corrected chi connectivity index (χ2v) is 6.27. The number of nitrogens with one attached hydrogen (secondary N) is 2. The van der Waals surface area contributed by atoms with Crippen LogP contribution in [0.2, 0.25) is 0 Å². The van der Waals surface area contributed by atoms with Gasteiger partial charge in [0.1, 0.15) is 5.75 Å². The molecule has 0 bridgehead atoms. The molecular formula is C18H14N2O3S. The molecule has 0 saturated carbocycles. The molecule has 0 aliphatic carbocycles. The summed E-state index contributed by atoms with van der Waals surface area (Å²) in [6.45, 7) is 1.95. The van der Waals surface area contributed by atoms with E-state index >= 15 is 0 Å². The van der Waals surface area contributed by atoms with Crippen LogP contribution in [0.4, 0.5) is 0 Å². The van der Waals surface area contributed by atoms with Crippen LogP contribution in [0.5, 0.6) is 5.75 Å². The van der Waals surface area contributed by atoms with E-state index < -0.39 is 5.97 Å². The molecule has 120 valence electrons. The van der Waals surface area contributed by atoms with Crippen LogP contribution in [0, 0.1) is 12.3 Å². The molecule has 1 heterocycles. The highest BCUT2D eigenvalue weighted by Gasteiger charge is 2.22. The summed E-state index contributed by atoms with van der Waals surface area (Å²) in [5.74, 6) is -0.265. The summed E-state index contributed by atoms with van der Waals surface area (Å²) in [6.07, 6.45) is 1.69. The van der Waals surface area contributed by atoms with Gasteiger partial charge in [-0.2, -0.15) is 0 Å². The lowest BCUT2D eigenvalue weighted by Gasteiger charge is -2.05. The van der Waals surface area contributed by atoms with Gasteiger partial charge in [0.25, 0.3) is 5.91 Å². The number of carbonyl (C=O) groups is 2. The third kappa shape index (κ3) is 3.72. The molecule has 24 heavy (non-hydrogen) atoms. The van der Waals surface area contributed by atoms with Gasteiger partial charge in [0.05, 0.1) is 10.5 Å². The van der Waals surface area contributed by atoms with Crippen LogP contribution < -0.4 is 10.1 Å². The zero-order valence-corrected chi connectivity index (χ0v) is 13.6. The number of esters is 1. The van der Waals surface area contributed by atoms with E-state index in [-0.39, 0.29) is 11.1 Å². The molecule has 2 N–H and O–H groups in total. The number of thioether (sulfide) groups is 1. The van der Waals surface area contributed by atoms with Gasteiger partial charge in [-0.05, 0) is 54.6 Å². The number of rotatable bonds is 3. The number of carbonyl (C=O) groups excluding carboxylic acids is 2. The summed E-state index contributed by atoms with van der Waals surface area (Å²) in [5, 5.41) is 9.95. The molecule has 1 aliphatic rings. The van der Waals surface area contributed by atoms with Crippen LogP contribution in [0.1, 0.15) is 21.5 Å². The topological polar surface area (TPSA) is 79.2 Å². The molecule has 0 radical (unpaired) electrons. The number of aryl methyl sites for hydroxylation is 1. The van der Waals surface area contributed by atoms with Crippen LogP contribution in [-0.2, 0) is 4.79 Å². The van der Waals surface area contributed by atoms with Crippen molar-refractivity contribution in [3.8, 4) is 5.75 Å². The van der Waals surface area contributed by atoms with Crippen LogP contribution in [0.25, 0.3) is 6.08 Å². The van der Waals surface area contributed by atoms with Gasteiger partial charge in [0, 0.05) is 0 Å². The average molecular weight is 338 g/mol. The van der Waals surface area contributed by atoms with Crippen molar-refractivity contribution >= 4 is 34.9 Å². The fraction of sp³-hybridized carbons (Fsp3) is 0.0556. The maximum Gasteiger partial charge on any atom is 0.343 e. The number of hydrogen-bond donors (Lipinski definition) is 2. The minimum Gasteiger partial charge on any atom is -0.423 e. The van der Waals surface area contributed by atoms with Gasteiger partial charge >= 0.3 is 5.97 Å². The van der Waals surface area contributed by atoms with Gasteiger partial charge in [0.2, 0.25) is 0 Å². The standard InChI is InChI=1S/C18H14N2O3S/c1-11-2-6-13(7-3-11)17(22)23-14-8-4-12(5-9-14)10-15-16(21)20-18(19)24-15/h2-10H,1H3,(H2,19,20,21). The fourth-order valence-corrected chi connectivity index (χ4v) is 2.78.